The van der Waals surface area contributed by atoms with E-state index in [4.69, 9.17) is 15.0 Å². The van der Waals surface area contributed by atoms with Crippen molar-refractivity contribution in [3.8, 4) is 5.75 Å². The van der Waals surface area contributed by atoms with E-state index < -0.39 is 20.7 Å². The van der Waals surface area contributed by atoms with Crippen LogP contribution in [-0.2, 0) is 19.4 Å². The predicted molar refractivity (Wildman–Crippen MR) is 93.9 cm³/mol. The normalized spacial score (nSPS) is 19.7. The number of hydrogen-bond donors (Lipinski definition) is 0. The highest BCUT2D eigenvalue weighted by molar-refractivity contribution is 7.93. The van der Waals surface area contributed by atoms with Gasteiger partial charge in [0.05, 0.1) is 25.2 Å². The average Bonchev–Trinajstić information content (AvgIpc) is 3.07. The van der Waals surface area contributed by atoms with Crippen molar-refractivity contribution in [2.45, 2.75) is 42.4 Å². The molecule has 0 bridgehead atoms. The van der Waals surface area contributed by atoms with Crippen molar-refractivity contribution in [3.05, 3.63) is 34.7 Å². The molecule has 1 aromatic rings. The van der Waals surface area contributed by atoms with Gasteiger partial charge in [-0.1, -0.05) is 13.3 Å². The Kier molecular flexibility index (Phi) is 6.33. The van der Waals surface area contributed by atoms with E-state index in [1.807, 2.05) is 6.92 Å². The van der Waals surface area contributed by atoms with Crippen LogP contribution in [0.1, 0.15) is 32.6 Å². The summed E-state index contributed by atoms with van der Waals surface area (Å²) in [5.74, 6) is -0.423. The lowest BCUT2D eigenvalue weighted by Crippen LogP contribution is -2.54. The van der Waals surface area contributed by atoms with Crippen LogP contribution in [-0.4, -0.2) is 44.5 Å². The third kappa shape index (κ3) is 3.42. The topological polar surface area (TPSA) is 122 Å². The number of nitrogens with zero attached hydrogens (tertiary/aromatic N) is 4. The molecule has 9 nitrogen and oxygen atoms in total. The van der Waals surface area contributed by atoms with E-state index in [1.54, 1.807) is 12.1 Å². The number of sulfone groups is 1. The van der Waals surface area contributed by atoms with Gasteiger partial charge in [-0.2, -0.15) is 4.91 Å². The van der Waals surface area contributed by atoms with Crippen LogP contribution in [0, 0.1) is 0 Å². The van der Waals surface area contributed by atoms with Crippen molar-refractivity contribution < 1.29 is 22.7 Å². The largest absolute Gasteiger partial charge is 0.494 e. The summed E-state index contributed by atoms with van der Waals surface area (Å²) in [6, 6.07) is 5.85. The number of unbranched alkanes of at least 4 members (excludes halogenated alkanes) is 1. The zero-order valence-corrected chi connectivity index (χ0v) is 15.6. The maximum atomic E-state index is 13.2. The third-order valence-electron chi connectivity index (χ3n) is 4.30. The quantitative estimate of drug-likeness (QED) is 0.224. The Hall–Kier alpha value is -2.45. The second-order valence-corrected chi connectivity index (χ2v) is 8.01. The van der Waals surface area contributed by atoms with Crippen LogP contribution in [0.5, 0.6) is 5.75 Å². The van der Waals surface area contributed by atoms with E-state index in [1.165, 1.54) is 12.1 Å². The molecular formula is C16H22N4O5S. The standard InChI is InChI=1S/C16H22N4O5S/c1-3-4-12-25-13-6-8-14(9-7-13)26(22,23)16(15(21)24-2)10-5-11-20(16)19-18-17/h6-9H,3-5,10-12H2,1-2H3. The van der Waals surface area contributed by atoms with Gasteiger partial charge >= 0.3 is 10.8 Å². The molecule has 1 saturated heterocycles. The number of azide groups is 1. The molecule has 0 aromatic heterocycles. The maximum absolute atomic E-state index is 13.2. The summed E-state index contributed by atoms with van der Waals surface area (Å²) in [6.45, 7) is 2.73. The van der Waals surface area contributed by atoms with Crippen molar-refractivity contribution in [3.63, 3.8) is 0 Å². The lowest BCUT2D eigenvalue weighted by molar-refractivity contribution is -0.148. The van der Waals surface area contributed by atoms with Gasteiger partial charge in [0.1, 0.15) is 5.75 Å². The molecule has 2 rings (SSSR count). The Bertz CT molecular complexity index is 789. The first-order valence-corrected chi connectivity index (χ1v) is 9.81. The molecule has 0 spiro atoms. The third-order valence-corrected chi connectivity index (χ3v) is 6.66. The number of esters is 1. The summed E-state index contributed by atoms with van der Waals surface area (Å²) in [4.78, 5) is 13.0. The van der Waals surface area contributed by atoms with Gasteiger partial charge in [0.15, 0.2) is 0 Å². The minimum absolute atomic E-state index is 0.0181. The number of methoxy groups -OCH3 is 1. The van der Waals surface area contributed by atoms with Crippen molar-refractivity contribution in [1.82, 2.24) is 5.01 Å². The van der Waals surface area contributed by atoms with E-state index >= 15 is 0 Å². The Morgan fingerprint density at radius 3 is 2.65 bits per heavy atom. The lowest BCUT2D eigenvalue weighted by atomic mass is 10.2. The molecule has 0 N–H and O–H groups in total. The molecular weight excluding hydrogens is 360 g/mol. The molecule has 0 radical (unpaired) electrons. The average molecular weight is 382 g/mol. The van der Waals surface area contributed by atoms with E-state index in [0.717, 1.165) is 25.0 Å². The number of hydrogen-bond acceptors (Lipinski definition) is 6. The van der Waals surface area contributed by atoms with Gasteiger partial charge in [-0.25, -0.2) is 18.2 Å². The first-order valence-electron chi connectivity index (χ1n) is 8.32. The van der Waals surface area contributed by atoms with Crippen molar-refractivity contribution >= 4 is 15.8 Å². The molecule has 0 aliphatic carbocycles. The van der Waals surface area contributed by atoms with E-state index in [0.29, 0.717) is 18.8 Å². The van der Waals surface area contributed by atoms with Gasteiger partial charge < -0.3 is 9.47 Å². The lowest BCUT2D eigenvalue weighted by Gasteiger charge is -2.29. The Morgan fingerprint density at radius 1 is 1.38 bits per heavy atom. The van der Waals surface area contributed by atoms with E-state index in [-0.39, 0.29) is 17.9 Å². The van der Waals surface area contributed by atoms with Gasteiger partial charge in [0.25, 0.3) is 0 Å². The van der Waals surface area contributed by atoms with Crippen molar-refractivity contribution in [2.24, 2.45) is 5.22 Å². The first-order chi connectivity index (χ1) is 12.4. The first kappa shape index (κ1) is 19.9. The molecule has 1 aliphatic heterocycles. The van der Waals surface area contributed by atoms with Crippen LogP contribution in [0.25, 0.3) is 10.4 Å². The summed E-state index contributed by atoms with van der Waals surface area (Å²) in [6.07, 6.45) is 2.25. The smallest absolute Gasteiger partial charge is 0.371 e. The molecule has 10 heteroatoms. The van der Waals surface area contributed by atoms with Crippen LogP contribution in [0.4, 0.5) is 0 Å². The molecule has 1 aliphatic rings. The van der Waals surface area contributed by atoms with Gasteiger partial charge in [0, 0.05) is 6.42 Å². The molecule has 1 heterocycles. The SMILES string of the molecule is CCCCOc1ccc(S(=O)(=O)C2(C(=O)OC)CCCN2N=[N+]=[N-])cc1. The molecule has 142 valence electrons. The summed E-state index contributed by atoms with van der Waals surface area (Å²) < 4.78 is 36.8. The summed E-state index contributed by atoms with van der Waals surface area (Å²) in [5, 5.41) is 4.37. The van der Waals surface area contributed by atoms with Gasteiger partial charge in [-0.3, -0.25) is 0 Å². The van der Waals surface area contributed by atoms with Crippen LogP contribution >= 0.6 is 0 Å². The fourth-order valence-corrected chi connectivity index (χ4v) is 4.94. The van der Waals surface area contributed by atoms with Crippen molar-refractivity contribution in [2.75, 3.05) is 20.3 Å². The van der Waals surface area contributed by atoms with Crippen LogP contribution in [0.3, 0.4) is 0 Å². The van der Waals surface area contributed by atoms with Crippen molar-refractivity contribution in [1.29, 1.82) is 0 Å². The fraction of sp³-hybridized carbons (Fsp3) is 0.562. The number of carbonyl (C=O) groups is 1. The predicted octanol–water partition coefficient (Wildman–Crippen LogP) is 2.83. The van der Waals surface area contributed by atoms with Gasteiger partial charge in [-0.15, -0.1) is 5.53 Å². The molecule has 0 amide bonds. The number of ether oxygens (including phenoxy) is 2. The number of benzene rings is 1. The molecule has 1 fully saturated rings. The molecule has 1 aromatic carbocycles. The second-order valence-electron chi connectivity index (χ2n) is 5.86. The minimum atomic E-state index is -4.19. The van der Waals surface area contributed by atoms with Crippen LogP contribution in [0.15, 0.2) is 34.4 Å². The molecule has 1 unspecified atom stereocenters. The van der Waals surface area contributed by atoms with Crippen LogP contribution in [0.2, 0.25) is 0 Å². The Labute approximate surface area is 152 Å². The van der Waals surface area contributed by atoms with E-state index in [2.05, 4.69) is 10.1 Å². The van der Waals surface area contributed by atoms with E-state index in [9.17, 15) is 13.2 Å². The maximum Gasteiger partial charge on any atom is 0.371 e. The highest BCUT2D eigenvalue weighted by Gasteiger charge is 2.63. The molecule has 1 atom stereocenters. The summed E-state index contributed by atoms with van der Waals surface area (Å²) in [5.41, 5.74) is 8.74. The number of carbonyl (C=O) groups excluding carboxylic acids is 1. The zero-order valence-electron chi connectivity index (χ0n) is 14.8. The Balaban J connectivity index is 2.41. The molecule has 26 heavy (non-hydrogen) atoms. The highest BCUT2D eigenvalue weighted by atomic mass is 32.2. The van der Waals surface area contributed by atoms with Gasteiger partial charge in [0.2, 0.25) is 9.84 Å². The van der Waals surface area contributed by atoms with Crippen LogP contribution < -0.4 is 4.74 Å². The monoisotopic (exact) mass is 382 g/mol. The fourth-order valence-electron chi connectivity index (χ4n) is 2.94. The zero-order chi connectivity index (χ0) is 19.2. The highest BCUT2D eigenvalue weighted by Crippen LogP contribution is 2.40. The summed E-state index contributed by atoms with van der Waals surface area (Å²) >= 11 is 0. The molecule has 0 saturated carbocycles. The number of rotatable bonds is 8. The Morgan fingerprint density at radius 2 is 2.08 bits per heavy atom. The van der Waals surface area contributed by atoms with Gasteiger partial charge in [-0.05, 0) is 42.3 Å². The second kappa shape index (κ2) is 8.29. The summed E-state index contributed by atoms with van der Waals surface area (Å²) in [7, 11) is -3.09. The minimum Gasteiger partial charge on any atom is -0.494 e.